The molecule has 0 aliphatic heterocycles. The molecule has 8 nitrogen and oxygen atoms in total. The zero-order valence-corrected chi connectivity index (χ0v) is 16.2. The van der Waals surface area contributed by atoms with E-state index in [4.69, 9.17) is 21.1 Å². The Labute approximate surface area is 167 Å². The summed E-state index contributed by atoms with van der Waals surface area (Å²) < 4.78 is 10.2. The molecule has 0 spiro atoms. The lowest BCUT2D eigenvalue weighted by molar-refractivity contribution is -0.153. The van der Waals surface area contributed by atoms with Gasteiger partial charge in [-0.05, 0) is 31.2 Å². The molecule has 1 aromatic heterocycles. The first-order chi connectivity index (χ1) is 13.4. The van der Waals surface area contributed by atoms with Gasteiger partial charge in [-0.25, -0.2) is 4.98 Å². The van der Waals surface area contributed by atoms with Crippen LogP contribution in [0, 0.1) is 0 Å². The van der Waals surface area contributed by atoms with Crippen LogP contribution in [0.2, 0.25) is 5.15 Å². The van der Waals surface area contributed by atoms with Crippen molar-refractivity contribution in [3.8, 4) is 5.75 Å². The molecule has 0 bridgehead atoms. The molecule has 0 saturated heterocycles. The number of carbonyl (C=O) groups is 3. The van der Waals surface area contributed by atoms with Crippen LogP contribution in [0.3, 0.4) is 0 Å². The maximum absolute atomic E-state index is 12.1. The predicted octanol–water partition coefficient (Wildman–Crippen LogP) is 2.43. The van der Waals surface area contributed by atoms with Crippen molar-refractivity contribution in [1.29, 1.82) is 0 Å². The maximum atomic E-state index is 12.1. The number of nitrogens with one attached hydrogen (secondary N) is 2. The van der Waals surface area contributed by atoms with Gasteiger partial charge in [-0.2, -0.15) is 0 Å². The Kier molecular flexibility index (Phi) is 7.76. The summed E-state index contributed by atoms with van der Waals surface area (Å²) in [6.45, 7) is 1.49. The lowest BCUT2D eigenvalue weighted by Gasteiger charge is -2.14. The molecule has 0 radical (unpaired) electrons. The van der Waals surface area contributed by atoms with E-state index in [1.165, 1.54) is 20.2 Å². The zero-order chi connectivity index (χ0) is 20.5. The molecule has 0 aliphatic carbocycles. The lowest BCUT2D eigenvalue weighted by atomic mass is 10.2. The van der Waals surface area contributed by atoms with Crippen molar-refractivity contribution < 1.29 is 23.9 Å². The molecule has 2 amide bonds. The van der Waals surface area contributed by atoms with Crippen molar-refractivity contribution in [1.82, 2.24) is 10.3 Å². The first-order valence-electron chi connectivity index (χ1n) is 8.44. The SMILES string of the molecule is COc1ccccc1C(=O)NCCC(=O)O[C@H](C)C(=O)Nc1cccnc1Cl. The van der Waals surface area contributed by atoms with Crippen LogP contribution in [0.25, 0.3) is 0 Å². The van der Waals surface area contributed by atoms with E-state index in [0.717, 1.165) is 0 Å². The summed E-state index contributed by atoms with van der Waals surface area (Å²) in [7, 11) is 1.47. The Bertz CT molecular complexity index is 859. The summed E-state index contributed by atoms with van der Waals surface area (Å²) in [6, 6.07) is 9.93. The third-order valence-electron chi connectivity index (χ3n) is 3.66. The van der Waals surface area contributed by atoms with E-state index in [9.17, 15) is 14.4 Å². The number of hydrogen-bond donors (Lipinski definition) is 2. The first-order valence-corrected chi connectivity index (χ1v) is 8.82. The van der Waals surface area contributed by atoms with E-state index in [0.29, 0.717) is 17.0 Å². The number of benzene rings is 1. The Morgan fingerprint density at radius 3 is 2.64 bits per heavy atom. The molecule has 1 aromatic carbocycles. The van der Waals surface area contributed by atoms with Crippen LogP contribution in [-0.4, -0.2) is 42.5 Å². The standard InChI is InChI=1S/C19H20ClN3O5/c1-12(18(25)23-14-7-5-10-21-17(14)20)28-16(24)9-11-22-19(26)13-6-3-4-8-15(13)27-2/h3-8,10,12H,9,11H2,1-2H3,(H,22,26)(H,23,25)/t12-/m1/s1. The molecule has 1 atom stereocenters. The smallest absolute Gasteiger partial charge is 0.308 e. The van der Waals surface area contributed by atoms with Crippen molar-refractivity contribution in [3.05, 3.63) is 53.3 Å². The number of carbonyl (C=O) groups excluding carboxylic acids is 3. The molecule has 0 saturated carbocycles. The minimum absolute atomic E-state index is 0.0541. The van der Waals surface area contributed by atoms with E-state index in [2.05, 4.69) is 15.6 Å². The van der Waals surface area contributed by atoms with E-state index < -0.39 is 18.0 Å². The van der Waals surface area contributed by atoms with Crippen LogP contribution in [0.15, 0.2) is 42.6 Å². The van der Waals surface area contributed by atoms with E-state index in [-0.39, 0.29) is 24.0 Å². The zero-order valence-electron chi connectivity index (χ0n) is 15.4. The van der Waals surface area contributed by atoms with Gasteiger partial charge in [0, 0.05) is 12.7 Å². The van der Waals surface area contributed by atoms with Gasteiger partial charge in [0.05, 0.1) is 24.8 Å². The number of ether oxygens (including phenoxy) is 2. The highest BCUT2D eigenvalue weighted by Gasteiger charge is 2.19. The fraction of sp³-hybridized carbons (Fsp3) is 0.263. The molecule has 2 rings (SSSR count). The molecular formula is C19H20ClN3O5. The van der Waals surface area contributed by atoms with Gasteiger partial charge in [0.15, 0.2) is 11.3 Å². The van der Waals surface area contributed by atoms with Crippen LogP contribution in [-0.2, 0) is 14.3 Å². The van der Waals surface area contributed by atoms with Gasteiger partial charge in [-0.1, -0.05) is 23.7 Å². The predicted molar refractivity (Wildman–Crippen MR) is 103 cm³/mol. The molecule has 0 unspecified atom stereocenters. The summed E-state index contributed by atoms with van der Waals surface area (Å²) in [5.41, 5.74) is 0.681. The lowest BCUT2D eigenvalue weighted by Crippen LogP contribution is -2.32. The first kappa shape index (κ1) is 21.2. The van der Waals surface area contributed by atoms with Gasteiger partial charge >= 0.3 is 5.97 Å². The average Bonchev–Trinajstić information content (AvgIpc) is 2.69. The summed E-state index contributed by atoms with van der Waals surface area (Å²) in [5, 5.41) is 5.27. The van der Waals surface area contributed by atoms with Crippen molar-refractivity contribution in [2.75, 3.05) is 19.0 Å². The number of pyridine rings is 1. The molecule has 0 fully saturated rings. The number of para-hydroxylation sites is 1. The number of halogens is 1. The topological polar surface area (TPSA) is 107 Å². The number of rotatable bonds is 8. The van der Waals surface area contributed by atoms with Crippen LogP contribution < -0.4 is 15.4 Å². The fourth-order valence-electron chi connectivity index (χ4n) is 2.23. The molecule has 148 valence electrons. The number of methoxy groups -OCH3 is 1. The second kappa shape index (κ2) is 10.3. The second-order valence-electron chi connectivity index (χ2n) is 5.67. The average molecular weight is 406 g/mol. The van der Waals surface area contributed by atoms with Gasteiger partial charge in [-0.15, -0.1) is 0 Å². The Morgan fingerprint density at radius 2 is 1.93 bits per heavy atom. The third-order valence-corrected chi connectivity index (χ3v) is 3.96. The summed E-state index contributed by atoms with van der Waals surface area (Å²) in [5.74, 6) is -1.11. The van der Waals surface area contributed by atoms with Gasteiger partial charge in [0.2, 0.25) is 0 Å². The molecular weight excluding hydrogens is 386 g/mol. The van der Waals surface area contributed by atoms with Crippen LogP contribution in [0.4, 0.5) is 5.69 Å². The molecule has 9 heteroatoms. The van der Waals surface area contributed by atoms with Gasteiger partial charge in [0.25, 0.3) is 11.8 Å². The summed E-state index contributed by atoms with van der Waals surface area (Å²) in [6.07, 6.45) is 0.362. The monoisotopic (exact) mass is 405 g/mol. The van der Waals surface area contributed by atoms with Gasteiger partial charge in [-0.3, -0.25) is 14.4 Å². The Morgan fingerprint density at radius 1 is 1.18 bits per heavy atom. The summed E-state index contributed by atoms with van der Waals surface area (Å²) >= 11 is 5.87. The number of esters is 1. The van der Waals surface area contributed by atoms with Crippen LogP contribution >= 0.6 is 11.6 Å². The van der Waals surface area contributed by atoms with Crippen molar-refractivity contribution in [2.24, 2.45) is 0 Å². The third kappa shape index (κ3) is 5.95. The minimum Gasteiger partial charge on any atom is -0.496 e. The van der Waals surface area contributed by atoms with Crippen molar-refractivity contribution in [2.45, 2.75) is 19.4 Å². The molecule has 2 N–H and O–H groups in total. The van der Waals surface area contributed by atoms with Gasteiger partial charge in [0.1, 0.15) is 5.75 Å². The Balaban J connectivity index is 1.78. The van der Waals surface area contributed by atoms with Crippen LogP contribution in [0.1, 0.15) is 23.7 Å². The highest BCUT2D eigenvalue weighted by Crippen LogP contribution is 2.18. The summed E-state index contributed by atoms with van der Waals surface area (Å²) in [4.78, 5) is 40.0. The number of nitrogens with zero attached hydrogens (tertiary/aromatic N) is 1. The molecule has 2 aromatic rings. The number of anilines is 1. The largest absolute Gasteiger partial charge is 0.496 e. The number of amides is 2. The van der Waals surface area contributed by atoms with Crippen molar-refractivity contribution in [3.63, 3.8) is 0 Å². The van der Waals surface area contributed by atoms with Crippen molar-refractivity contribution >= 4 is 35.1 Å². The highest BCUT2D eigenvalue weighted by atomic mass is 35.5. The highest BCUT2D eigenvalue weighted by molar-refractivity contribution is 6.32. The van der Waals surface area contributed by atoms with E-state index in [1.54, 1.807) is 36.4 Å². The molecule has 0 aliphatic rings. The minimum atomic E-state index is -1.03. The Hall–Kier alpha value is -3.13. The maximum Gasteiger partial charge on any atom is 0.308 e. The number of aromatic nitrogens is 1. The van der Waals surface area contributed by atoms with Gasteiger partial charge < -0.3 is 20.1 Å². The molecule has 1 heterocycles. The van der Waals surface area contributed by atoms with Crippen LogP contribution in [0.5, 0.6) is 5.75 Å². The quantitative estimate of drug-likeness (QED) is 0.516. The fourth-order valence-corrected chi connectivity index (χ4v) is 2.40. The number of hydrogen-bond acceptors (Lipinski definition) is 6. The van der Waals surface area contributed by atoms with E-state index >= 15 is 0 Å². The second-order valence-corrected chi connectivity index (χ2v) is 6.03. The van der Waals surface area contributed by atoms with E-state index in [1.807, 2.05) is 0 Å². The molecule has 28 heavy (non-hydrogen) atoms. The normalized spacial score (nSPS) is 11.2.